The molecule has 0 aliphatic heterocycles. The average Bonchev–Trinajstić information content (AvgIpc) is 1.97. The van der Waals surface area contributed by atoms with Crippen LogP contribution in [-0.4, -0.2) is 25.2 Å². The van der Waals surface area contributed by atoms with Gasteiger partial charge in [0.05, 0.1) is 6.73 Å². The van der Waals surface area contributed by atoms with Gasteiger partial charge in [0.2, 0.25) is 0 Å². The Morgan fingerprint density at radius 3 is 2.33 bits per heavy atom. The zero-order valence-corrected chi connectivity index (χ0v) is 8.39. The van der Waals surface area contributed by atoms with Crippen LogP contribution in [0.3, 0.4) is 0 Å². The Bertz CT molecular complexity index is 132. The van der Waals surface area contributed by atoms with Crippen LogP contribution in [0.1, 0.15) is 27.7 Å². The number of hydrogen-bond donors (Lipinski definition) is 1. The van der Waals surface area contributed by atoms with E-state index < -0.39 is 0 Å². The monoisotopic (exact) mass is 173 g/mol. The van der Waals surface area contributed by atoms with Crippen LogP contribution < -0.4 is 5.32 Å². The molecule has 12 heavy (non-hydrogen) atoms. The standard InChI is InChI=1S/C9H19NO2/c1-7(2)9(11)5-12-6-10-8(3)4/h7-8,10H,5-6H2,1-4H3. The van der Waals surface area contributed by atoms with Gasteiger partial charge in [-0.3, -0.25) is 10.1 Å². The molecule has 0 radical (unpaired) electrons. The lowest BCUT2D eigenvalue weighted by Crippen LogP contribution is -2.27. The van der Waals surface area contributed by atoms with Crippen LogP contribution in [0.4, 0.5) is 0 Å². The predicted molar refractivity (Wildman–Crippen MR) is 48.9 cm³/mol. The molecular formula is C9H19NO2. The van der Waals surface area contributed by atoms with Crippen molar-refractivity contribution in [2.45, 2.75) is 33.7 Å². The summed E-state index contributed by atoms with van der Waals surface area (Å²) in [6.07, 6.45) is 0. The van der Waals surface area contributed by atoms with Crippen molar-refractivity contribution in [3.8, 4) is 0 Å². The van der Waals surface area contributed by atoms with E-state index in [1.165, 1.54) is 0 Å². The Kier molecular flexibility index (Phi) is 5.93. The van der Waals surface area contributed by atoms with Crippen molar-refractivity contribution in [3.05, 3.63) is 0 Å². The molecule has 72 valence electrons. The Morgan fingerprint density at radius 1 is 1.33 bits per heavy atom. The highest BCUT2D eigenvalue weighted by molar-refractivity contribution is 5.81. The van der Waals surface area contributed by atoms with Crippen LogP contribution in [0, 0.1) is 5.92 Å². The Morgan fingerprint density at radius 2 is 1.92 bits per heavy atom. The predicted octanol–water partition coefficient (Wildman–Crippen LogP) is 1.18. The molecule has 3 nitrogen and oxygen atoms in total. The summed E-state index contributed by atoms with van der Waals surface area (Å²) in [5.41, 5.74) is 0. The molecule has 0 aliphatic rings. The second kappa shape index (κ2) is 6.14. The molecule has 1 N–H and O–H groups in total. The number of ether oxygens (including phenoxy) is 1. The fourth-order valence-electron chi connectivity index (χ4n) is 0.544. The fraction of sp³-hybridized carbons (Fsp3) is 0.889. The summed E-state index contributed by atoms with van der Waals surface area (Å²) in [7, 11) is 0. The van der Waals surface area contributed by atoms with Crippen LogP contribution in [0.2, 0.25) is 0 Å². The topological polar surface area (TPSA) is 38.3 Å². The van der Waals surface area contributed by atoms with Crippen molar-refractivity contribution >= 4 is 5.78 Å². The van der Waals surface area contributed by atoms with Gasteiger partial charge in [-0.05, 0) is 13.8 Å². The third-order valence-corrected chi connectivity index (χ3v) is 1.48. The van der Waals surface area contributed by atoms with E-state index in [0.717, 1.165) is 0 Å². The van der Waals surface area contributed by atoms with Crippen molar-refractivity contribution in [3.63, 3.8) is 0 Å². The van der Waals surface area contributed by atoms with E-state index in [2.05, 4.69) is 5.32 Å². The summed E-state index contributed by atoms with van der Waals surface area (Å²) in [5.74, 6) is 0.226. The number of carbonyl (C=O) groups is 1. The highest BCUT2D eigenvalue weighted by Gasteiger charge is 2.06. The van der Waals surface area contributed by atoms with Crippen molar-refractivity contribution in [1.82, 2.24) is 5.32 Å². The van der Waals surface area contributed by atoms with E-state index >= 15 is 0 Å². The Balaban J connectivity index is 3.26. The summed E-state index contributed by atoms with van der Waals surface area (Å²) in [6.45, 7) is 8.50. The van der Waals surface area contributed by atoms with Gasteiger partial charge < -0.3 is 4.74 Å². The van der Waals surface area contributed by atoms with E-state index in [1.54, 1.807) is 0 Å². The van der Waals surface area contributed by atoms with Gasteiger partial charge in [0.1, 0.15) is 6.61 Å². The van der Waals surface area contributed by atoms with Crippen molar-refractivity contribution in [2.75, 3.05) is 13.3 Å². The molecule has 0 aliphatic carbocycles. The first-order chi connectivity index (χ1) is 5.54. The van der Waals surface area contributed by atoms with Gasteiger partial charge >= 0.3 is 0 Å². The van der Waals surface area contributed by atoms with E-state index in [-0.39, 0.29) is 18.3 Å². The Labute approximate surface area is 74.5 Å². The lowest BCUT2D eigenvalue weighted by molar-refractivity contribution is -0.126. The molecule has 0 unspecified atom stereocenters. The number of nitrogens with one attached hydrogen (secondary N) is 1. The SMILES string of the molecule is CC(C)NCOCC(=O)C(C)C. The van der Waals surface area contributed by atoms with Crippen LogP contribution in [0.15, 0.2) is 0 Å². The molecule has 0 aromatic heterocycles. The lowest BCUT2D eigenvalue weighted by Gasteiger charge is -2.09. The Hall–Kier alpha value is -0.410. The smallest absolute Gasteiger partial charge is 0.161 e. The molecule has 0 atom stereocenters. The van der Waals surface area contributed by atoms with Gasteiger partial charge in [0.25, 0.3) is 0 Å². The van der Waals surface area contributed by atoms with Crippen LogP contribution in [0.25, 0.3) is 0 Å². The summed E-state index contributed by atoms with van der Waals surface area (Å²) in [4.78, 5) is 11.0. The van der Waals surface area contributed by atoms with Crippen molar-refractivity contribution in [1.29, 1.82) is 0 Å². The molecule has 0 saturated heterocycles. The van der Waals surface area contributed by atoms with Crippen molar-refractivity contribution < 1.29 is 9.53 Å². The molecule has 0 aromatic carbocycles. The van der Waals surface area contributed by atoms with Crippen LogP contribution in [-0.2, 0) is 9.53 Å². The van der Waals surface area contributed by atoms with Crippen LogP contribution >= 0.6 is 0 Å². The maximum atomic E-state index is 11.0. The quantitative estimate of drug-likeness (QED) is 0.484. The second-order valence-corrected chi connectivity index (χ2v) is 3.47. The first-order valence-electron chi connectivity index (χ1n) is 4.38. The number of carbonyl (C=O) groups excluding carboxylic acids is 1. The zero-order valence-electron chi connectivity index (χ0n) is 8.39. The van der Waals surface area contributed by atoms with Crippen molar-refractivity contribution in [2.24, 2.45) is 5.92 Å². The molecule has 0 aromatic rings. The molecule has 0 rings (SSSR count). The van der Waals surface area contributed by atoms with Gasteiger partial charge in [-0.25, -0.2) is 0 Å². The van der Waals surface area contributed by atoms with E-state index in [4.69, 9.17) is 4.74 Å². The third-order valence-electron chi connectivity index (χ3n) is 1.48. The molecule has 0 amide bonds. The van der Waals surface area contributed by atoms with Gasteiger partial charge in [-0.1, -0.05) is 13.8 Å². The molecular weight excluding hydrogens is 154 g/mol. The van der Waals surface area contributed by atoms with Gasteiger partial charge in [-0.15, -0.1) is 0 Å². The number of Topliss-reactive ketones (excluding diaryl/α,β-unsaturated/α-hetero) is 1. The summed E-state index contributed by atoms with van der Waals surface area (Å²) in [6, 6.07) is 0.402. The van der Waals surface area contributed by atoms with E-state index in [1.807, 2.05) is 27.7 Å². The third kappa shape index (κ3) is 6.31. The summed E-state index contributed by atoms with van der Waals surface area (Å²) >= 11 is 0. The molecule has 0 saturated carbocycles. The molecule has 0 heterocycles. The first-order valence-corrected chi connectivity index (χ1v) is 4.38. The number of ketones is 1. The zero-order chi connectivity index (χ0) is 9.56. The minimum atomic E-state index is 0.0732. The van der Waals surface area contributed by atoms with Gasteiger partial charge in [-0.2, -0.15) is 0 Å². The van der Waals surface area contributed by atoms with E-state index in [0.29, 0.717) is 12.8 Å². The lowest BCUT2D eigenvalue weighted by atomic mass is 10.1. The minimum Gasteiger partial charge on any atom is -0.359 e. The number of hydrogen-bond acceptors (Lipinski definition) is 3. The van der Waals surface area contributed by atoms with Gasteiger partial charge in [0, 0.05) is 12.0 Å². The largest absolute Gasteiger partial charge is 0.359 e. The van der Waals surface area contributed by atoms with E-state index in [9.17, 15) is 4.79 Å². The molecule has 3 heteroatoms. The second-order valence-electron chi connectivity index (χ2n) is 3.47. The van der Waals surface area contributed by atoms with Crippen LogP contribution in [0.5, 0.6) is 0 Å². The molecule has 0 bridgehead atoms. The summed E-state index contributed by atoms with van der Waals surface area (Å²) in [5, 5.41) is 3.07. The minimum absolute atomic E-state index is 0.0732. The molecule has 0 spiro atoms. The highest BCUT2D eigenvalue weighted by Crippen LogP contribution is 1.93. The number of rotatable bonds is 6. The normalized spacial score (nSPS) is 11.2. The fourth-order valence-corrected chi connectivity index (χ4v) is 0.544. The first kappa shape index (κ1) is 11.6. The molecule has 0 fully saturated rings. The maximum Gasteiger partial charge on any atom is 0.161 e. The maximum absolute atomic E-state index is 11.0. The average molecular weight is 173 g/mol. The summed E-state index contributed by atoms with van der Waals surface area (Å²) < 4.78 is 5.11. The van der Waals surface area contributed by atoms with Gasteiger partial charge in [0.15, 0.2) is 5.78 Å². The highest BCUT2D eigenvalue weighted by atomic mass is 16.5.